The summed E-state index contributed by atoms with van der Waals surface area (Å²) in [6.45, 7) is 1.71. The van der Waals surface area contributed by atoms with Gasteiger partial charge in [0.2, 0.25) is 0 Å². The normalized spacial score (nSPS) is 11.1. The molecule has 6 nitrogen and oxygen atoms in total. The van der Waals surface area contributed by atoms with Crippen molar-refractivity contribution in [3.63, 3.8) is 0 Å². The summed E-state index contributed by atoms with van der Waals surface area (Å²) < 4.78 is 26.7. The molecular formula is C13H11ClN2O4S. The summed E-state index contributed by atoms with van der Waals surface area (Å²) in [5.74, 6) is -1.17. The molecule has 0 saturated heterocycles. The number of benzene rings is 1. The number of carboxylic acid groups (broad SMARTS) is 1. The maximum absolute atomic E-state index is 12.2. The molecule has 2 N–H and O–H groups in total. The number of carboxylic acids is 1. The predicted octanol–water partition coefficient (Wildman–Crippen LogP) is 2.54. The molecule has 0 fully saturated rings. The minimum Gasteiger partial charge on any atom is -0.478 e. The van der Waals surface area contributed by atoms with Crippen molar-refractivity contribution in [2.24, 2.45) is 0 Å². The van der Waals surface area contributed by atoms with E-state index in [-0.39, 0.29) is 10.6 Å². The van der Waals surface area contributed by atoms with Crippen molar-refractivity contribution in [2.75, 3.05) is 4.72 Å². The zero-order valence-corrected chi connectivity index (χ0v) is 12.4. The molecule has 0 bridgehead atoms. The number of anilines is 1. The Balaban J connectivity index is 2.31. The van der Waals surface area contributed by atoms with Gasteiger partial charge in [0.25, 0.3) is 10.0 Å². The Morgan fingerprint density at radius 1 is 1.29 bits per heavy atom. The summed E-state index contributed by atoms with van der Waals surface area (Å²) in [5.41, 5.74) is 0.952. The van der Waals surface area contributed by atoms with Crippen LogP contribution in [0.5, 0.6) is 0 Å². The molecule has 0 amide bonds. The number of halogens is 1. The monoisotopic (exact) mass is 326 g/mol. The topological polar surface area (TPSA) is 96.4 Å². The fraction of sp³-hybridized carbons (Fsp3) is 0.0769. The van der Waals surface area contributed by atoms with Gasteiger partial charge in [-0.2, -0.15) is 8.42 Å². The summed E-state index contributed by atoms with van der Waals surface area (Å²) in [4.78, 5) is 14.4. The Morgan fingerprint density at radius 2 is 2.00 bits per heavy atom. The van der Waals surface area contributed by atoms with Gasteiger partial charge in [-0.15, -0.1) is 0 Å². The van der Waals surface area contributed by atoms with Gasteiger partial charge in [-0.3, -0.25) is 4.72 Å². The number of rotatable bonds is 4. The summed E-state index contributed by atoms with van der Waals surface area (Å²) in [6, 6.07) is 7.05. The Labute approximate surface area is 126 Å². The summed E-state index contributed by atoms with van der Waals surface area (Å²) in [7, 11) is -3.89. The Morgan fingerprint density at radius 3 is 2.52 bits per heavy atom. The Kier molecular flexibility index (Phi) is 4.15. The highest BCUT2D eigenvalue weighted by molar-refractivity contribution is 7.92. The molecule has 1 aromatic carbocycles. The molecule has 1 aromatic heterocycles. The van der Waals surface area contributed by atoms with Crippen LogP contribution in [0, 0.1) is 6.92 Å². The van der Waals surface area contributed by atoms with Gasteiger partial charge in [0.15, 0.2) is 5.03 Å². The van der Waals surface area contributed by atoms with E-state index in [9.17, 15) is 13.2 Å². The van der Waals surface area contributed by atoms with Gasteiger partial charge in [-0.25, -0.2) is 9.78 Å². The van der Waals surface area contributed by atoms with E-state index < -0.39 is 16.0 Å². The van der Waals surface area contributed by atoms with Crippen LogP contribution < -0.4 is 4.72 Å². The summed E-state index contributed by atoms with van der Waals surface area (Å²) >= 11 is 5.81. The number of hydrogen-bond acceptors (Lipinski definition) is 4. The first-order valence-electron chi connectivity index (χ1n) is 5.78. The number of nitrogens with one attached hydrogen (secondary N) is 1. The molecule has 0 aliphatic rings. The highest BCUT2D eigenvalue weighted by Gasteiger charge is 2.17. The van der Waals surface area contributed by atoms with Crippen LogP contribution in [0.15, 0.2) is 41.6 Å². The van der Waals surface area contributed by atoms with E-state index in [4.69, 9.17) is 16.7 Å². The fourth-order valence-electron chi connectivity index (χ4n) is 1.60. The summed E-state index contributed by atoms with van der Waals surface area (Å²) in [6.07, 6.45) is 0.992. The van der Waals surface area contributed by atoms with Gasteiger partial charge < -0.3 is 5.11 Å². The molecule has 0 unspecified atom stereocenters. The third-order valence-electron chi connectivity index (χ3n) is 2.69. The number of hydrogen-bond donors (Lipinski definition) is 2. The number of aryl methyl sites for hydroxylation is 1. The van der Waals surface area contributed by atoms with Crippen LogP contribution in [0.1, 0.15) is 15.9 Å². The first-order chi connectivity index (χ1) is 9.79. The number of sulfonamides is 1. The van der Waals surface area contributed by atoms with E-state index in [2.05, 4.69) is 9.71 Å². The molecule has 110 valence electrons. The molecule has 2 rings (SSSR count). The lowest BCUT2D eigenvalue weighted by atomic mass is 10.2. The maximum atomic E-state index is 12.2. The van der Waals surface area contributed by atoms with Crippen LogP contribution in [0.3, 0.4) is 0 Å². The smallest absolute Gasteiger partial charge is 0.337 e. The lowest BCUT2D eigenvalue weighted by Crippen LogP contribution is -2.15. The predicted molar refractivity (Wildman–Crippen MR) is 78.2 cm³/mol. The van der Waals surface area contributed by atoms with Crippen LogP contribution in [0.4, 0.5) is 5.69 Å². The zero-order chi connectivity index (χ0) is 15.6. The van der Waals surface area contributed by atoms with E-state index in [1.165, 1.54) is 6.07 Å². The van der Waals surface area contributed by atoms with Crippen molar-refractivity contribution in [2.45, 2.75) is 11.9 Å². The molecule has 0 aliphatic heterocycles. The van der Waals surface area contributed by atoms with E-state index >= 15 is 0 Å². The van der Waals surface area contributed by atoms with E-state index in [0.29, 0.717) is 16.3 Å². The minimum atomic E-state index is -3.89. The molecule has 0 atom stereocenters. The van der Waals surface area contributed by atoms with Gasteiger partial charge in [0.05, 0.1) is 11.3 Å². The average Bonchev–Trinajstić information content (AvgIpc) is 2.42. The second-order valence-corrected chi connectivity index (χ2v) is 6.32. The number of pyridine rings is 1. The van der Waals surface area contributed by atoms with Crippen LogP contribution >= 0.6 is 11.6 Å². The molecule has 1 heterocycles. The van der Waals surface area contributed by atoms with E-state index in [1.807, 2.05) is 0 Å². The van der Waals surface area contributed by atoms with Crippen molar-refractivity contribution >= 4 is 33.3 Å². The lowest BCUT2D eigenvalue weighted by molar-refractivity contribution is 0.0696. The van der Waals surface area contributed by atoms with Crippen molar-refractivity contribution in [3.05, 3.63) is 52.7 Å². The minimum absolute atomic E-state index is 0.0865. The average molecular weight is 327 g/mol. The van der Waals surface area contributed by atoms with Crippen LogP contribution in [-0.4, -0.2) is 24.5 Å². The second-order valence-electron chi connectivity index (χ2n) is 4.26. The number of carbonyl (C=O) groups is 1. The Bertz CT molecular complexity index is 788. The third-order valence-corrected chi connectivity index (χ3v) is 4.21. The second kappa shape index (κ2) is 5.71. The van der Waals surface area contributed by atoms with Crippen LogP contribution in [0.25, 0.3) is 0 Å². The van der Waals surface area contributed by atoms with Crippen molar-refractivity contribution in [1.82, 2.24) is 4.98 Å². The van der Waals surface area contributed by atoms with Crippen molar-refractivity contribution < 1.29 is 18.3 Å². The molecule has 0 radical (unpaired) electrons. The van der Waals surface area contributed by atoms with Gasteiger partial charge in [0, 0.05) is 11.2 Å². The largest absolute Gasteiger partial charge is 0.478 e. The van der Waals surface area contributed by atoms with E-state index in [0.717, 1.165) is 12.3 Å². The molecule has 21 heavy (non-hydrogen) atoms. The molecule has 8 heteroatoms. The Hall–Kier alpha value is -2.12. The first kappa shape index (κ1) is 15.3. The van der Waals surface area contributed by atoms with Gasteiger partial charge in [-0.05, 0) is 42.8 Å². The number of aromatic carboxylic acids is 1. The maximum Gasteiger partial charge on any atom is 0.337 e. The molecular weight excluding hydrogens is 316 g/mol. The van der Waals surface area contributed by atoms with Gasteiger partial charge in [-0.1, -0.05) is 11.6 Å². The SMILES string of the molecule is Cc1cc(Cl)ccc1NS(=O)(=O)c1ccc(C(=O)O)cn1. The number of nitrogens with zero attached hydrogens (tertiary/aromatic N) is 1. The van der Waals surface area contributed by atoms with Crippen molar-refractivity contribution in [1.29, 1.82) is 0 Å². The number of aromatic nitrogens is 1. The lowest BCUT2D eigenvalue weighted by Gasteiger charge is -2.10. The highest BCUT2D eigenvalue weighted by Crippen LogP contribution is 2.22. The third kappa shape index (κ3) is 3.50. The van der Waals surface area contributed by atoms with Gasteiger partial charge in [0.1, 0.15) is 0 Å². The molecule has 0 aliphatic carbocycles. The molecule has 0 saturated carbocycles. The van der Waals surface area contributed by atoms with Crippen LogP contribution in [0.2, 0.25) is 5.02 Å². The fourth-order valence-corrected chi connectivity index (χ4v) is 2.89. The molecule has 0 spiro atoms. The van der Waals surface area contributed by atoms with E-state index in [1.54, 1.807) is 25.1 Å². The van der Waals surface area contributed by atoms with Crippen LogP contribution in [-0.2, 0) is 10.0 Å². The summed E-state index contributed by atoms with van der Waals surface area (Å²) in [5, 5.41) is 9.00. The highest BCUT2D eigenvalue weighted by atomic mass is 35.5. The first-order valence-corrected chi connectivity index (χ1v) is 7.64. The molecule has 2 aromatic rings. The standard InChI is InChI=1S/C13H11ClN2O4S/c1-8-6-10(14)3-4-11(8)16-21(19,20)12-5-2-9(7-15-12)13(17)18/h2-7,16H,1H3,(H,17,18). The zero-order valence-electron chi connectivity index (χ0n) is 10.9. The quantitative estimate of drug-likeness (QED) is 0.900. The van der Waals surface area contributed by atoms with Gasteiger partial charge >= 0.3 is 5.97 Å². The van der Waals surface area contributed by atoms with Crippen molar-refractivity contribution in [3.8, 4) is 0 Å².